The Hall–Kier alpha value is -1.97. The van der Waals surface area contributed by atoms with Crippen molar-refractivity contribution in [2.24, 2.45) is 0 Å². The van der Waals surface area contributed by atoms with Gasteiger partial charge in [0.05, 0.1) is 25.2 Å². The number of rotatable bonds is 6. The van der Waals surface area contributed by atoms with Crippen LogP contribution in [0.3, 0.4) is 0 Å². The zero-order chi connectivity index (χ0) is 21.8. The second-order valence-corrected chi connectivity index (χ2v) is 9.69. The highest BCUT2D eigenvalue weighted by Gasteiger charge is 2.42. The average Bonchev–Trinajstić information content (AvgIpc) is 2.79. The number of aryl methyl sites for hydroxylation is 1. The molecule has 1 heterocycles. The maximum Gasteiger partial charge on any atom is 0.331 e. The first-order chi connectivity index (χ1) is 14.3. The maximum atomic E-state index is 13.2. The van der Waals surface area contributed by atoms with E-state index in [1.807, 2.05) is 6.92 Å². The topological polar surface area (TPSA) is 102 Å². The highest BCUT2D eigenvalue weighted by molar-refractivity contribution is 7.89. The molecule has 0 bridgehead atoms. The molecule has 166 valence electrons. The molecule has 1 saturated carbocycles. The third-order valence-electron chi connectivity index (χ3n) is 5.93. The second kappa shape index (κ2) is 9.45. The monoisotopic (exact) mass is 438 g/mol. The lowest BCUT2D eigenvalue weighted by atomic mass is 9.81. The van der Waals surface area contributed by atoms with Crippen molar-refractivity contribution in [1.82, 2.24) is 9.62 Å². The van der Waals surface area contributed by atoms with Crippen molar-refractivity contribution < 1.29 is 27.5 Å². The highest BCUT2D eigenvalue weighted by Crippen LogP contribution is 2.30. The van der Waals surface area contributed by atoms with Crippen LogP contribution in [0.1, 0.15) is 54.9 Å². The number of nitrogens with one attached hydrogen (secondary N) is 1. The Morgan fingerprint density at radius 2 is 1.83 bits per heavy atom. The van der Waals surface area contributed by atoms with Gasteiger partial charge in [-0.25, -0.2) is 13.2 Å². The standard InChI is InChI=1S/C21H30N2O6S/c1-3-16-7-8-17(15-18(16)30(26,27)23-11-13-29-14-12-23)19(24)22-21(20(25)28-2)9-5-4-6-10-21/h7-8,15H,3-6,9-14H2,1-2H3,(H,22,24). The molecule has 1 aliphatic heterocycles. The quantitative estimate of drug-likeness (QED) is 0.681. The molecule has 0 unspecified atom stereocenters. The minimum absolute atomic E-state index is 0.135. The van der Waals surface area contributed by atoms with Gasteiger partial charge in [0.15, 0.2) is 0 Å². The van der Waals surface area contributed by atoms with Crippen LogP contribution >= 0.6 is 0 Å². The van der Waals surface area contributed by atoms with Crippen molar-refractivity contribution in [3.63, 3.8) is 0 Å². The number of carbonyl (C=O) groups excluding carboxylic acids is 2. The summed E-state index contributed by atoms with van der Waals surface area (Å²) in [5, 5.41) is 2.85. The molecule has 0 aromatic heterocycles. The zero-order valence-corrected chi connectivity index (χ0v) is 18.4. The minimum Gasteiger partial charge on any atom is -0.467 e. The van der Waals surface area contributed by atoms with E-state index in [4.69, 9.17) is 9.47 Å². The number of amides is 1. The van der Waals surface area contributed by atoms with Crippen molar-refractivity contribution in [2.75, 3.05) is 33.4 Å². The van der Waals surface area contributed by atoms with E-state index in [1.54, 1.807) is 12.1 Å². The summed E-state index contributed by atoms with van der Waals surface area (Å²) in [6.45, 7) is 3.15. The van der Waals surface area contributed by atoms with Crippen LogP contribution in [0.5, 0.6) is 0 Å². The number of methoxy groups -OCH3 is 1. The fraction of sp³-hybridized carbons (Fsp3) is 0.619. The van der Waals surface area contributed by atoms with Crippen LogP contribution < -0.4 is 5.32 Å². The van der Waals surface area contributed by atoms with Gasteiger partial charge >= 0.3 is 5.97 Å². The predicted octanol–water partition coefficient (Wildman–Crippen LogP) is 1.88. The van der Waals surface area contributed by atoms with Crippen LogP contribution in [0.25, 0.3) is 0 Å². The number of hydrogen-bond donors (Lipinski definition) is 1. The van der Waals surface area contributed by atoms with Crippen LogP contribution in [0.2, 0.25) is 0 Å². The molecule has 0 atom stereocenters. The summed E-state index contributed by atoms with van der Waals surface area (Å²) >= 11 is 0. The van der Waals surface area contributed by atoms with E-state index >= 15 is 0 Å². The van der Waals surface area contributed by atoms with Gasteiger partial charge in [-0.1, -0.05) is 32.3 Å². The Morgan fingerprint density at radius 3 is 2.43 bits per heavy atom. The molecule has 1 aromatic rings. The largest absolute Gasteiger partial charge is 0.467 e. The number of carbonyl (C=O) groups is 2. The highest BCUT2D eigenvalue weighted by atomic mass is 32.2. The number of hydrogen-bond acceptors (Lipinski definition) is 6. The first-order valence-electron chi connectivity index (χ1n) is 10.5. The van der Waals surface area contributed by atoms with Crippen molar-refractivity contribution in [3.05, 3.63) is 29.3 Å². The normalized spacial score (nSPS) is 19.8. The van der Waals surface area contributed by atoms with Crippen LogP contribution in [-0.2, 0) is 30.7 Å². The van der Waals surface area contributed by atoms with E-state index in [1.165, 1.54) is 17.5 Å². The number of esters is 1. The molecule has 30 heavy (non-hydrogen) atoms. The van der Waals surface area contributed by atoms with E-state index < -0.39 is 27.4 Å². The predicted molar refractivity (Wildman–Crippen MR) is 111 cm³/mol. The van der Waals surface area contributed by atoms with E-state index in [0.717, 1.165) is 19.3 Å². The lowest BCUT2D eigenvalue weighted by Crippen LogP contribution is -2.56. The Labute approximate surface area is 178 Å². The SMILES string of the molecule is CCc1ccc(C(=O)NC2(C(=O)OC)CCCCC2)cc1S(=O)(=O)N1CCOCC1. The molecular weight excluding hydrogens is 408 g/mol. The van der Waals surface area contributed by atoms with Crippen LogP contribution in [0.15, 0.2) is 23.1 Å². The summed E-state index contributed by atoms with van der Waals surface area (Å²) in [7, 11) is -2.44. The van der Waals surface area contributed by atoms with Gasteiger partial charge in [-0.3, -0.25) is 4.79 Å². The number of morpholine rings is 1. The van der Waals surface area contributed by atoms with Gasteiger partial charge in [-0.2, -0.15) is 4.31 Å². The Kier molecular flexibility index (Phi) is 7.15. The van der Waals surface area contributed by atoms with Gasteiger partial charge in [0, 0.05) is 18.7 Å². The Bertz CT molecular complexity index is 887. The molecule has 2 fully saturated rings. The van der Waals surface area contributed by atoms with Gasteiger partial charge in [-0.15, -0.1) is 0 Å². The summed E-state index contributed by atoms with van der Waals surface area (Å²) in [4.78, 5) is 25.6. The first kappa shape index (κ1) is 22.7. The average molecular weight is 439 g/mol. The molecule has 1 saturated heterocycles. The summed E-state index contributed by atoms with van der Waals surface area (Å²) in [6, 6.07) is 4.71. The number of benzene rings is 1. The summed E-state index contributed by atoms with van der Waals surface area (Å²) in [6.07, 6.45) is 4.19. The second-order valence-electron chi connectivity index (χ2n) is 7.78. The number of sulfonamides is 1. The van der Waals surface area contributed by atoms with Crippen molar-refractivity contribution in [1.29, 1.82) is 0 Å². The van der Waals surface area contributed by atoms with E-state index in [-0.39, 0.29) is 23.5 Å². The van der Waals surface area contributed by atoms with E-state index in [2.05, 4.69) is 5.32 Å². The van der Waals surface area contributed by atoms with Crippen molar-refractivity contribution in [3.8, 4) is 0 Å². The molecule has 3 rings (SSSR count). The van der Waals surface area contributed by atoms with Crippen LogP contribution in [0.4, 0.5) is 0 Å². The summed E-state index contributed by atoms with van der Waals surface area (Å²) < 4.78 is 38.0. The van der Waals surface area contributed by atoms with Crippen LogP contribution in [0, 0.1) is 0 Å². The third-order valence-corrected chi connectivity index (χ3v) is 7.92. The molecular formula is C21H30N2O6S. The van der Waals surface area contributed by atoms with Crippen molar-refractivity contribution >= 4 is 21.9 Å². The summed E-state index contributed by atoms with van der Waals surface area (Å²) in [5.74, 6) is -0.926. The molecule has 1 amide bonds. The smallest absolute Gasteiger partial charge is 0.331 e. The van der Waals surface area contributed by atoms with Crippen molar-refractivity contribution in [2.45, 2.75) is 55.9 Å². The minimum atomic E-state index is -3.75. The van der Waals surface area contributed by atoms with Gasteiger partial charge in [0.1, 0.15) is 5.54 Å². The summed E-state index contributed by atoms with van der Waals surface area (Å²) in [5.41, 5.74) is -0.192. The van der Waals surface area contributed by atoms with Gasteiger partial charge < -0.3 is 14.8 Å². The molecule has 0 spiro atoms. The first-order valence-corrected chi connectivity index (χ1v) is 11.9. The third kappa shape index (κ3) is 4.53. The molecule has 1 N–H and O–H groups in total. The zero-order valence-electron chi connectivity index (χ0n) is 17.6. The van der Waals surface area contributed by atoms with E-state index in [9.17, 15) is 18.0 Å². The lowest BCUT2D eigenvalue weighted by molar-refractivity contribution is -0.149. The van der Waals surface area contributed by atoms with Gasteiger partial charge in [0.25, 0.3) is 5.91 Å². The number of ether oxygens (including phenoxy) is 2. The lowest BCUT2D eigenvalue weighted by Gasteiger charge is -2.35. The molecule has 9 heteroatoms. The molecule has 0 radical (unpaired) electrons. The van der Waals surface area contributed by atoms with E-state index in [0.29, 0.717) is 38.0 Å². The fourth-order valence-corrected chi connectivity index (χ4v) is 5.90. The molecule has 2 aliphatic rings. The Balaban J connectivity index is 1.92. The van der Waals surface area contributed by atoms with Crippen LogP contribution in [-0.4, -0.2) is 63.6 Å². The van der Waals surface area contributed by atoms with Gasteiger partial charge in [0.2, 0.25) is 10.0 Å². The van der Waals surface area contributed by atoms with Gasteiger partial charge in [-0.05, 0) is 37.0 Å². The maximum absolute atomic E-state index is 13.2. The molecule has 1 aromatic carbocycles. The molecule has 8 nitrogen and oxygen atoms in total. The fourth-order valence-electron chi connectivity index (χ4n) is 4.17. The Morgan fingerprint density at radius 1 is 1.17 bits per heavy atom. The number of nitrogens with zero attached hydrogens (tertiary/aromatic N) is 1. The molecule has 1 aliphatic carbocycles.